The fraction of sp³-hybridized carbons (Fsp3) is 0.308. The second kappa shape index (κ2) is 4.30. The van der Waals surface area contributed by atoms with Crippen LogP contribution in [-0.2, 0) is 12.8 Å². The number of nitrogens with zero attached hydrogens (tertiary/aromatic N) is 1. The van der Waals surface area contributed by atoms with E-state index < -0.39 is 0 Å². The second-order valence-corrected chi connectivity index (χ2v) is 4.29. The number of hydrogen-bond acceptors (Lipinski definition) is 2. The SMILES string of the molecule is Fc1ccc(-c2n[nH]c3c2CCNCC3)cc1. The summed E-state index contributed by atoms with van der Waals surface area (Å²) < 4.78 is 12.9. The molecule has 0 radical (unpaired) electrons. The van der Waals surface area contributed by atoms with E-state index in [1.165, 1.54) is 23.4 Å². The minimum Gasteiger partial charge on any atom is -0.316 e. The molecule has 0 saturated heterocycles. The molecule has 2 aromatic rings. The van der Waals surface area contributed by atoms with Gasteiger partial charge in [-0.25, -0.2) is 4.39 Å². The Morgan fingerprint density at radius 2 is 1.82 bits per heavy atom. The van der Waals surface area contributed by atoms with Crippen LogP contribution in [-0.4, -0.2) is 23.3 Å². The molecule has 17 heavy (non-hydrogen) atoms. The molecular weight excluding hydrogens is 217 g/mol. The first-order chi connectivity index (χ1) is 8.34. The van der Waals surface area contributed by atoms with E-state index in [4.69, 9.17) is 0 Å². The quantitative estimate of drug-likeness (QED) is 0.787. The predicted octanol–water partition coefficient (Wildman–Crippen LogP) is 1.90. The van der Waals surface area contributed by atoms with E-state index in [2.05, 4.69) is 15.5 Å². The van der Waals surface area contributed by atoms with Gasteiger partial charge in [-0.2, -0.15) is 5.10 Å². The van der Waals surface area contributed by atoms with Crippen molar-refractivity contribution in [2.24, 2.45) is 0 Å². The molecule has 2 heterocycles. The third-order valence-corrected chi connectivity index (χ3v) is 3.17. The zero-order chi connectivity index (χ0) is 11.7. The first kappa shape index (κ1) is 10.5. The van der Waals surface area contributed by atoms with Gasteiger partial charge in [0.15, 0.2) is 0 Å². The molecule has 1 aromatic carbocycles. The van der Waals surface area contributed by atoms with Crippen LogP contribution in [0.2, 0.25) is 0 Å². The average Bonchev–Trinajstić information content (AvgIpc) is 2.60. The maximum Gasteiger partial charge on any atom is 0.123 e. The molecule has 0 atom stereocenters. The van der Waals surface area contributed by atoms with E-state index in [1.54, 1.807) is 12.1 Å². The van der Waals surface area contributed by atoms with Gasteiger partial charge in [0, 0.05) is 29.8 Å². The van der Waals surface area contributed by atoms with Gasteiger partial charge >= 0.3 is 0 Å². The van der Waals surface area contributed by atoms with Crippen molar-refractivity contribution in [3.05, 3.63) is 41.3 Å². The number of benzene rings is 1. The van der Waals surface area contributed by atoms with Gasteiger partial charge < -0.3 is 5.32 Å². The van der Waals surface area contributed by atoms with Gasteiger partial charge in [-0.05, 0) is 37.2 Å². The zero-order valence-corrected chi connectivity index (χ0v) is 9.46. The van der Waals surface area contributed by atoms with Gasteiger partial charge in [0.25, 0.3) is 0 Å². The number of hydrogen-bond donors (Lipinski definition) is 2. The van der Waals surface area contributed by atoms with Crippen molar-refractivity contribution in [1.82, 2.24) is 15.5 Å². The molecule has 1 aliphatic heterocycles. The van der Waals surface area contributed by atoms with Crippen molar-refractivity contribution in [2.75, 3.05) is 13.1 Å². The van der Waals surface area contributed by atoms with Crippen molar-refractivity contribution in [2.45, 2.75) is 12.8 Å². The Labute approximate surface area is 99.1 Å². The van der Waals surface area contributed by atoms with Gasteiger partial charge in [-0.15, -0.1) is 0 Å². The van der Waals surface area contributed by atoms with Crippen LogP contribution in [0.5, 0.6) is 0 Å². The van der Waals surface area contributed by atoms with E-state index in [0.717, 1.165) is 37.2 Å². The summed E-state index contributed by atoms with van der Waals surface area (Å²) in [5, 5.41) is 10.8. The maximum atomic E-state index is 12.9. The fourth-order valence-corrected chi connectivity index (χ4v) is 2.28. The highest BCUT2D eigenvalue weighted by Crippen LogP contribution is 2.25. The van der Waals surface area contributed by atoms with Crippen LogP contribution >= 0.6 is 0 Å². The Kier molecular flexibility index (Phi) is 2.65. The normalized spacial score (nSPS) is 15.4. The van der Waals surface area contributed by atoms with E-state index in [-0.39, 0.29) is 5.82 Å². The van der Waals surface area contributed by atoms with Gasteiger partial charge in [0.2, 0.25) is 0 Å². The lowest BCUT2D eigenvalue weighted by molar-refractivity contribution is 0.628. The van der Waals surface area contributed by atoms with Crippen LogP contribution < -0.4 is 5.32 Å². The summed E-state index contributed by atoms with van der Waals surface area (Å²) in [7, 11) is 0. The van der Waals surface area contributed by atoms with Crippen LogP contribution in [0.4, 0.5) is 4.39 Å². The summed E-state index contributed by atoms with van der Waals surface area (Å²) in [4.78, 5) is 0. The van der Waals surface area contributed by atoms with Gasteiger partial charge in [0.1, 0.15) is 5.82 Å². The Bertz CT molecular complexity index is 516. The minimum atomic E-state index is -0.211. The molecular formula is C13H14FN3. The van der Waals surface area contributed by atoms with E-state index in [0.29, 0.717) is 0 Å². The molecule has 0 unspecified atom stereocenters. The van der Waals surface area contributed by atoms with Gasteiger partial charge in [-0.1, -0.05) is 0 Å². The minimum absolute atomic E-state index is 0.211. The van der Waals surface area contributed by atoms with Crippen LogP contribution in [0.15, 0.2) is 24.3 Å². The first-order valence-corrected chi connectivity index (χ1v) is 5.87. The molecule has 2 N–H and O–H groups in total. The number of H-pyrrole nitrogens is 1. The summed E-state index contributed by atoms with van der Waals surface area (Å²) in [6.07, 6.45) is 1.95. The monoisotopic (exact) mass is 231 g/mol. The van der Waals surface area contributed by atoms with Crippen molar-refractivity contribution in [3.63, 3.8) is 0 Å². The summed E-state index contributed by atoms with van der Waals surface area (Å²) in [6.45, 7) is 1.96. The molecule has 0 bridgehead atoms. The van der Waals surface area contributed by atoms with Crippen molar-refractivity contribution in [3.8, 4) is 11.3 Å². The number of aromatic nitrogens is 2. The number of nitrogens with one attached hydrogen (secondary N) is 2. The topological polar surface area (TPSA) is 40.7 Å². The number of halogens is 1. The number of aromatic amines is 1. The Hall–Kier alpha value is -1.68. The summed E-state index contributed by atoms with van der Waals surface area (Å²) >= 11 is 0. The van der Waals surface area contributed by atoms with E-state index in [9.17, 15) is 4.39 Å². The molecule has 88 valence electrons. The smallest absolute Gasteiger partial charge is 0.123 e. The summed E-state index contributed by atoms with van der Waals surface area (Å²) in [5.74, 6) is -0.211. The lowest BCUT2D eigenvalue weighted by Gasteiger charge is -2.02. The average molecular weight is 231 g/mol. The summed E-state index contributed by atoms with van der Waals surface area (Å²) in [6, 6.07) is 6.52. The largest absolute Gasteiger partial charge is 0.316 e. The molecule has 0 aliphatic carbocycles. The van der Waals surface area contributed by atoms with Gasteiger partial charge in [0.05, 0.1) is 5.69 Å². The number of fused-ring (bicyclic) bond motifs is 1. The van der Waals surface area contributed by atoms with Crippen LogP contribution in [0.3, 0.4) is 0 Å². The van der Waals surface area contributed by atoms with Crippen molar-refractivity contribution >= 4 is 0 Å². The molecule has 0 amide bonds. The Morgan fingerprint density at radius 1 is 1.06 bits per heavy atom. The standard InChI is InChI=1S/C13H14FN3/c14-10-3-1-9(2-4-10)13-11-5-7-15-8-6-12(11)16-17-13/h1-4,15H,5-8H2,(H,16,17). The highest BCUT2D eigenvalue weighted by Gasteiger charge is 2.16. The van der Waals surface area contributed by atoms with Crippen LogP contribution in [0.25, 0.3) is 11.3 Å². The molecule has 3 nitrogen and oxygen atoms in total. The predicted molar refractivity (Wildman–Crippen MR) is 64.3 cm³/mol. The Morgan fingerprint density at radius 3 is 2.65 bits per heavy atom. The molecule has 0 saturated carbocycles. The second-order valence-electron chi connectivity index (χ2n) is 4.29. The molecule has 3 rings (SSSR count). The lowest BCUT2D eigenvalue weighted by atomic mass is 10.0. The van der Waals surface area contributed by atoms with Crippen molar-refractivity contribution in [1.29, 1.82) is 0 Å². The number of rotatable bonds is 1. The zero-order valence-electron chi connectivity index (χ0n) is 9.46. The third kappa shape index (κ3) is 1.96. The first-order valence-electron chi connectivity index (χ1n) is 5.87. The maximum absolute atomic E-state index is 12.9. The highest BCUT2D eigenvalue weighted by atomic mass is 19.1. The Balaban J connectivity index is 2.03. The van der Waals surface area contributed by atoms with Crippen molar-refractivity contribution < 1.29 is 4.39 Å². The van der Waals surface area contributed by atoms with Crippen LogP contribution in [0.1, 0.15) is 11.3 Å². The molecule has 0 fully saturated rings. The van der Waals surface area contributed by atoms with Crippen LogP contribution in [0, 0.1) is 5.82 Å². The lowest BCUT2D eigenvalue weighted by Crippen LogP contribution is -2.16. The molecule has 0 spiro atoms. The van der Waals surface area contributed by atoms with E-state index >= 15 is 0 Å². The molecule has 1 aromatic heterocycles. The third-order valence-electron chi connectivity index (χ3n) is 3.17. The summed E-state index contributed by atoms with van der Waals surface area (Å²) in [5.41, 5.74) is 4.41. The highest BCUT2D eigenvalue weighted by molar-refractivity contribution is 5.64. The molecule has 4 heteroatoms. The molecule has 1 aliphatic rings. The fourth-order valence-electron chi connectivity index (χ4n) is 2.28. The van der Waals surface area contributed by atoms with E-state index in [1.807, 2.05) is 0 Å². The van der Waals surface area contributed by atoms with Gasteiger partial charge in [-0.3, -0.25) is 5.10 Å².